The van der Waals surface area contributed by atoms with Crippen molar-refractivity contribution in [1.82, 2.24) is 4.90 Å². The molecule has 0 unspecified atom stereocenters. The smallest absolute Gasteiger partial charge is 0.329 e. The first kappa shape index (κ1) is 46.2. The third kappa shape index (κ3) is 10.7. The number of hydrogen-bond donors (Lipinski definition) is 3. The van der Waals surface area contributed by atoms with Gasteiger partial charge in [-0.05, 0) is 95.5 Å². The zero-order valence-corrected chi connectivity index (χ0v) is 35.1. The molecule has 1 saturated carbocycles. The number of methoxy groups -OCH3 is 3. The fourth-order valence-electron chi connectivity index (χ4n) is 9.39. The number of aliphatic hydroxyl groups excluding tert-OH is 2. The number of allylic oxidation sites excluding steroid dienone is 3. The minimum atomic E-state index is -2.50. The molecule has 4 rings (SSSR count). The lowest BCUT2D eigenvalue weighted by Gasteiger charge is -2.47. The molecular formula is C43H69NO12. The maximum atomic E-state index is 14.3. The molecule has 0 aromatic carbocycles. The van der Waals surface area contributed by atoms with Gasteiger partial charge in [-0.1, -0.05) is 45.4 Å². The zero-order valence-electron chi connectivity index (χ0n) is 35.1. The van der Waals surface area contributed by atoms with E-state index in [1.165, 1.54) is 19.1 Å². The summed E-state index contributed by atoms with van der Waals surface area (Å²) in [7, 11) is 4.63. The first-order valence-electron chi connectivity index (χ1n) is 20.8. The molecule has 3 fully saturated rings. The van der Waals surface area contributed by atoms with Crippen LogP contribution in [0.15, 0.2) is 23.3 Å². The molecule has 0 radical (unpaired) electrons. The summed E-state index contributed by atoms with van der Waals surface area (Å²) in [5.74, 6) is -7.50. The lowest BCUT2D eigenvalue weighted by atomic mass is 9.81. The molecule has 56 heavy (non-hydrogen) atoms. The van der Waals surface area contributed by atoms with E-state index in [0.29, 0.717) is 56.9 Å². The number of carbonyl (C=O) groups is 4. The number of ether oxygens (including phenoxy) is 5. The van der Waals surface area contributed by atoms with Gasteiger partial charge >= 0.3 is 5.97 Å². The van der Waals surface area contributed by atoms with Crippen LogP contribution in [0.1, 0.15) is 112 Å². The van der Waals surface area contributed by atoms with Crippen LogP contribution in [0.25, 0.3) is 0 Å². The normalized spacial score (nSPS) is 41.6. The SMILES string of the molecule is CC[C@@H]1/C=C(\C)C[C@H](C)C[C@H](OC)[C@H]2O[C@@](O)(C(=O)C(=O)N3CCCC[C@@H]3C(=O)O[C@H](/C(C)=C/[C@@H]3CC[C@H](O)[C@H](OC)C3)[C@H](C)[C@H](O)CC1=O)[C@@H](C)C[C@@H]2OC. The number of fused-ring (bicyclic) bond motifs is 3. The van der Waals surface area contributed by atoms with E-state index < -0.39 is 83.9 Å². The Hall–Kier alpha value is -2.52. The Balaban J connectivity index is 1.76. The van der Waals surface area contributed by atoms with Crippen molar-refractivity contribution in [3.05, 3.63) is 23.3 Å². The molecular weight excluding hydrogens is 722 g/mol. The fraction of sp³-hybridized carbons (Fsp3) is 0.814. The summed E-state index contributed by atoms with van der Waals surface area (Å²) in [5, 5.41) is 34.1. The molecule has 0 aromatic rings. The Bertz CT molecular complexity index is 1430. The van der Waals surface area contributed by atoms with Crippen LogP contribution in [-0.2, 0) is 42.9 Å². The van der Waals surface area contributed by atoms with Gasteiger partial charge in [0.1, 0.15) is 24.0 Å². The van der Waals surface area contributed by atoms with Gasteiger partial charge < -0.3 is 43.9 Å². The number of piperidine rings is 1. The Morgan fingerprint density at radius 2 is 1.57 bits per heavy atom. The van der Waals surface area contributed by atoms with Gasteiger partial charge in [-0.25, -0.2) is 4.79 Å². The van der Waals surface area contributed by atoms with Gasteiger partial charge in [-0.2, -0.15) is 0 Å². The fourth-order valence-corrected chi connectivity index (χ4v) is 9.39. The summed E-state index contributed by atoms with van der Waals surface area (Å²) >= 11 is 0. The standard InChI is InChI=1S/C43H69NO12/c1-10-30-18-24(2)17-25(3)19-36(53-8)39-37(54-9)21-27(5)43(51,56-39)40(48)41(49)44-16-12-11-13-31(44)42(50)55-38(28(6)33(46)23-34(30)47)26(4)20-29-14-15-32(45)35(22-29)52-7/h18,20,25,27-33,35-39,45-46,51H,10-17,19,21-23H2,1-9H3/b24-18+,26-20+/t25-,27-,28+,29-,30+,31+,32-,33+,35+,36-,37-,38+,39+,43+/m0/s1. The van der Waals surface area contributed by atoms with Crippen molar-refractivity contribution < 1.29 is 58.2 Å². The maximum Gasteiger partial charge on any atom is 0.329 e. The van der Waals surface area contributed by atoms with E-state index in [2.05, 4.69) is 6.92 Å². The van der Waals surface area contributed by atoms with Gasteiger partial charge in [-0.3, -0.25) is 14.4 Å². The Kier molecular flexibility index (Phi) is 16.9. The van der Waals surface area contributed by atoms with E-state index in [1.807, 2.05) is 32.9 Å². The quantitative estimate of drug-likeness (QED) is 0.196. The van der Waals surface area contributed by atoms with Crippen molar-refractivity contribution in [2.75, 3.05) is 27.9 Å². The molecule has 4 aliphatic rings. The third-order valence-electron chi connectivity index (χ3n) is 12.9. The Labute approximate surface area is 333 Å². The van der Waals surface area contributed by atoms with Crippen LogP contribution in [0.4, 0.5) is 0 Å². The van der Waals surface area contributed by atoms with Crippen LogP contribution in [0.2, 0.25) is 0 Å². The number of Topliss-reactive ketones (excluding diaryl/α,β-unsaturated/α-hetero) is 2. The molecule has 1 amide bonds. The summed E-state index contributed by atoms with van der Waals surface area (Å²) in [6, 6.07) is -1.13. The number of ketones is 2. The van der Waals surface area contributed by atoms with Gasteiger partial charge in [0.15, 0.2) is 0 Å². The summed E-state index contributed by atoms with van der Waals surface area (Å²) in [6.07, 6.45) is 3.72. The van der Waals surface area contributed by atoms with E-state index in [9.17, 15) is 34.5 Å². The average molecular weight is 792 g/mol. The monoisotopic (exact) mass is 791 g/mol. The minimum absolute atomic E-state index is 0.000914. The van der Waals surface area contributed by atoms with E-state index >= 15 is 0 Å². The van der Waals surface area contributed by atoms with Crippen LogP contribution in [0.3, 0.4) is 0 Å². The van der Waals surface area contributed by atoms with Gasteiger partial charge in [-0.15, -0.1) is 0 Å². The van der Waals surface area contributed by atoms with Crippen LogP contribution >= 0.6 is 0 Å². The van der Waals surface area contributed by atoms with Gasteiger partial charge in [0.2, 0.25) is 5.79 Å². The highest BCUT2D eigenvalue weighted by molar-refractivity contribution is 6.39. The largest absolute Gasteiger partial charge is 0.456 e. The molecule has 3 N–H and O–H groups in total. The van der Waals surface area contributed by atoms with Crippen molar-refractivity contribution >= 4 is 23.4 Å². The van der Waals surface area contributed by atoms with E-state index in [-0.39, 0.29) is 49.5 Å². The number of rotatable bonds is 6. The summed E-state index contributed by atoms with van der Waals surface area (Å²) in [4.78, 5) is 57.6. The predicted octanol–water partition coefficient (Wildman–Crippen LogP) is 4.47. The molecule has 14 atom stereocenters. The highest BCUT2D eigenvalue weighted by atomic mass is 16.7. The number of amides is 1. The van der Waals surface area contributed by atoms with Crippen molar-refractivity contribution in [2.24, 2.45) is 29.6 Å². The molecule has 318 valence electrons. The molecule has 1 aliphatic carbocycles. The second kappa shape index (κ2) is 20.4. The molecule has 13 nitrogen and oxygen atoms in total. The molecule has 0 spiro atoms. The zero-order chi connectivity index (χ0) is 41.5. The van der Waals surface area contributed by atoms with E-state index in [1.54, 1.807) is 21.0 Å². The molecule has 0 aromatic heterocycles. The predicted molar refractivity (Wildman–Crippen MR) is 208 cm³/mol. The number of aliphatic hydroxyl groups is 3. The molecule has 2 bridgehead atoms. The Morgan fingerprint density at radius 1 is 0.911 bits per heavy atom. The van der Waals surface area contributed by atoms with Gasteiger partial charge in [0, 0.05) is 52.0 Å². The molecule has 13 heteroatoms. The molecule has 2 saturated heterocycles. The summed E-state index contributed by atoms with van der Waals surface area (Å²) in [6.45, 7) is 11.3. The van der Waals surface area contributed by atoms with Crippen LogP contribution in [-0.4, -0.2) is 126 Å². The second-order valence-electron chi connectivity index (χ2n) is 17.2. The number of nitrogens with zero attached hydrogens (tertiary/aromatic N) is 1. The van der Waals surface area contributed by atoms with Crippen LogP contribution in [0, 0.1) is 29.6 Å². The van der Waals surface area contributed by atoms with Crippen molar-refractivity contribution in [1.29, 1.82) is 0 Å². The Morgan fingerprint density at radius 3 is 2.21 bits per heavy atom. The second-order valence-corrected chi connectivity index (χ2v) is 17.2. The average Bonchev–Trinajstić information content (AvgIpc) is 3.18. The number of carbonyl (C=O) groups excluding carboxylic acids is 4. The minimum Gasteiger partial charge on any atom is -0.456 e. The van der Waals surface area contributed by atoms with Crippen LogP contribution < -0.4 is 0 Å². The van der Waals surface area contributed by atoms with E-state index in [4.69, 9.17) is 23.7 Å². The molecule has 3 aliphatic heterocycles. The number of hydrogen-bond acceptors (Lipinski definition) is 12. The third-order valence-corrected chi connectivity index (χ3v) is 12.9. The van der Waals surface area contributed by atoms with Crippen molar-refractivity contribution in [3.8, 4) is 0 Å². The first-order chi connectivity index (χ1) is 26.5. The lowest BCUT2D eigenvalue weighted by molar-refractivity contribution is -0.302. The van der Waals surface area contributed by atoms with Gasteiger partial charge in [0.25, 0.3) is 11.7 Å². The topological polar surface area (TPSA) is 178 Å². The number of esters is 1. The van der Waals surface area contributed by atoms with Gasteiger partial charge in [0.05, 0.1) is 30.5 Å². The first-order valence-corrected chi connectivity index (χ1v) is 20.8. The number of cyclic esters (lactones) is 1. The van der Waals surface area contributed by atoms with Crippen LogP contribution in [0.5, 0.6) is 0 Å². The maximum absolute atomic E-state index is 14.3. The highest BCUT2D eigenvalue weighted by Gasteiger charge is 2.56. The van der Waals surface area contributed by atoms with Crippen molar-refractivity contribution in [2.45, 2.75) is 167 Å². The molecule has 3 heterocycles. The summed E-state index contributed by atoms with van der Waals surface area (Å²) < 4.78 is 29.7. The highest BCUT2D eigenvalue weighted by Crippen LogP contribution is 2.39. The summed E-state index contributed by atoms with van der Waals surface area (Å²) in [5.41, 5.74) is 1.66. The van der Waals surface area contributed by atoms with Crippen molar-refractivity contribution in [3.63, 3.8) is 0 Å². The lowest BCUT2D eigenvalue weighted by Crippen LogP contribution is -2.64. The van der Waals surface area contributed by atoms with E-state index in [0.717, 1.165) is 5.57 Å².